The van der Waals surface area contributed by atoms with Crippen molar-refractivity contribution >= 4 is 17.2 Å². The van der Waals surface area contributed by atoms with E-state index in [0.717, 1.165) is 17.7 Å². The molecular weight excluding hydrogens is 468 g/mol. The van der Waals surface area contributed by atoms with Crippen LogP contribution in [-0.4, -0.2) is 10.9 Å². The second-order valence-electron chi connectivity index (χ2n) is 7.37. The number of carbonyl (C=O) groups excluding carboxylic acids is 1. The Bertz CT molecular complexity index is 1300. The summed E-state index contributed by atoms with van der Waals surface area (Å²) in [6.45, 7) is 0.140. The van der Waals surface area contributed by atoms with Crippen LogP contribution in [0.15, 0.2) is 78.2 Å². The van der Waals surface area contributed by atoms with E-state index in [9.17, 15) is 22.4 Å². The summed E-state index contributed by atoms with van der Waals surface area (Å²) in [6.07, 6.45) is -4.45. The van der Waals surface area contributed by atoms with Gasteiger partial charge in [-0.25, -0.2) is 9.37 Å². The standard InChI is InChI=1S/C25H18F4N2O2S/c26-20-8-2-5-17(11-20)14-33-21-9-3-6-18(12-21)24-31-22(15-34-24)23(32)30-13-16-4-1-7-19(10-16)25(27,28)29/h1-12,15H,13-14H2,(H,30,32). The molecule has 9 heteroatoms. The van der Waals surface area contributed by atoms with Crippen LogP contribution in [0.25, 0.3) is 10.6 Å². The molecule has 174 valence electrons. The zero-order valence-corrected chi connectivity index (χ0v) is 18.4. The van der Waals surface area contributed by atoms with Gasteiger partial charge in [0.2, 0.25) is 0 Å². The van der Waals surface area contributed by atoms with Crippen LogP contribution >= 0.6 is 11.3 Å². The highest BCUT2D eigenvalue weighted by atomic mass is 32.1. The van der Waals surface area contributed by atoms with E-state index in [-0.39, 0.29) is 24.7 Å². The predicted molar refractivity (Wildman–Crippen MR) is 121 cm³/mol. The van der Waals surface area contributed by atoms with E-state index >= 15 is 0 Å². The molecule has 0 aliphatic heterocycles. The number of hydrogen-bond acceptors (Lipinski definition) is 4. The fraction of sp³-hybridized carbons (Fsp3) is 0.120. The first-order valence-electron chi connectivity index (χ1n) is 10.2. The lowest BCUT2D eigenvalue weighted by Crippen LogP contribution is -2.23. The number of halogens is 4. The molecule has 0 spiro atoms. The van der Waals surface area contributed by atoms with Crippen molar-refractivity contribution in [1.29, 1.82) is 0 Å². The predicted octanol–water partition coefficient (Wildman–Crippen LogP) is 6.48. The molecule has 4 aromatic rings. The highest BCUT2D eigenvalue weighted by molar-refractivity contribution is 7.13. The van der Waals surface area contributed by atoms with Crippen molar-refractivity contribution in [2.24, 2.45) is 0 Å². The first-order valence-corrected chi connectivity index (χ1v) is 11.0. The Morgan fingerprint density at radius 1 is 0.971 bits per heavy atom. The Hall–Kier alpha value is -3.72. The molecule has 0 aliphatic carbocycles. The molecule has 0 radical (unpaired) electrons. The topological polar surface area (TPSA) is 51.2 Å². The fourth-order valence-electron chi connectivity index (χ4n) is 3.15. The molecule has 0 saturated carbocycles. The van der Waals surface area contributed by atoms with Gasteiger partial charge in [-0.15, -0.1) is 11.3 Å². The van der Waals surface area contributed by atoms with Crippen molar-refractivity contribution in [2.75, 3.05) is 0 Å². The van der Waals surface area contributed by atoms with Gasteiger partial charge in [0, 0.05) is 17.5 Å². The lowest BCUT2D eigenvalue weighted by atomic mass is 10.1. The van der Waals surface area contributed by atoms with Gasteiger partial charge in [-0.05, 0) is 47.5 Å². The van der Waals surface area contributed by atoms with Gasteiger partial charge in [-0.3, -0.25) is 4.79 Å². The highest BCUT2D eigenvalue weighted by Crippen LogP contribution is 2.30. The molecule has 1 amide bonds. The Kier molecular flexibility index (Phi) is 6.93. The average molecular weight is 486 g/mol. The Morgan fingerprint density at radius 2 is 1.74 bits per heavy atom. The van der Waals surface area contributed by atoms with E-state index in [1.54, 1.807) is 35.7 Å². The van der Waals surface area contributed by atoms with Crippen molar-refractivity contribution in [2.45, 2.75) is 19.3 Å². The maximum atomic E-state index is 13.3. The lowest BCUT2D eigenvalue weighted by molar-refractivity contribution is -0.137. The zero-order chi connectivity index (χ0) is 24.1. The summed E-state index contributed by atoms with van der Waals surface area (Å²) in [4.78, 5) is 16.8. The summed E-state index contributed by atoms with van der Waals surface area (Å²) in [5, 5.41) is 4.76. The van der Waals surface area contributed by atoms with Crippen LogP contribution in [-0.2, 0) is 19.3 Å². The minimum Gasteiger partial charge on any atom is -0.489 e. The van der Waals surface area contributed by atoms with Crippen LogP contribution in [0.1, 0.15) is 27.2 Å². The number of aromatic nitrogens is 1. The maximum absolute atomic E-state index is 13.3. The van der Waals surface area contributed by atoms with Gasteiger partial charge in [0.25, 0.3) is 5.91 Å². The van der Waals surface area contributed by atoms with Gasteiger partial charge in [-0.1, -0.05) is 36.4 Å². The number of ether oxygens (including phenoxy) is 1. The van der Waals surface area contributed by atoms with Gasteiger partial charge >= 0.3 is 6.18 Å². The molecule has 0 atom stereocenters. The van der Waals surface area contributed by atoms with Gasteiger partial charge in [-0.2, -0.15) is 13.2 Å². The smallest absolute Gasteiger partial charge is 0.416 e. The second kappa shape index (κ2) is 10.0. The molecule has 4 rings (SSSR count). The molecule has 1 heterocycles. The number of carbonyl (C=O) groups is 1. The summed E-state index contributed by atoms with van der Waals surface area (Å²) in [5.41, 5.74) is 1.16. The fourth-order valence-corrected chi connectivity index (χ4v) is 3.95. The monoisotopic (exact) mass is 486 g/mol. The summed E-state index contributed by atoms with van der Waals surface area (Å²) < 4.78 is 57.6. The largest absolute Gasteiger partial charge is 0.489 e. The molecule has 0 bridgehead atoms. The third kappa shape index (κ3) is 5.99. The van der Waals surface area contributed by atoms with Crippen LogP contribution in [0.3, 0.4) is 0 Å². The van der Waals surface area contributed by atoms with Crippen LogP contribution in [0.2, 0.25) is 0 Å². The molecule has 3 aromatic carbocycles. The SMILES string of the molecule is O=C(NCc1cccc(C(F)(F)F)c1)c1csc(-c2cccc(OCc3cccc(F)c3)c2)n1. The molecule has 0 fully saturated rings. The van der Waals surface area contributed by atoms with Gasteiger partial charge in [0.15, 0.2) is 0 Å². The molecule has 34 heavy (non-hydrogen) atoms. The first-order chi connectivity index (χ1) is 16.3. The van der Waals surface area contributed by atoms with Crippen molar-refractivity contribution in [3.8, 4) is 16.3 Å². The summed E-state index contributed by atoms with van der Waals surface area (Å²) >= 11 is 1.26. The zero-order valence-electron chi connectivity index (χ0n) is 17.6. The van der Waals surface area contributed by atoms with Crippen molar-refractivity contribution in [3.05, 3.63) is 106 Å². The van der Waals surface area contributed by atoms with Crippen LogP contribution in [0.4, 0.5) is 17.6 Å². The molecule has 0 aliphatic rings. The van der Waals surface area contributed by atoms with E-state index in [1.807, 2.05) is 6.07 Å². The molecule has 4 nitrogen and oxygen atoms in total. The number of nitrogens with one attached hydrogen (secondary N) is 1. The number of hydrogen-bond donors (Lipinski definition) is 1. The number of thiazole rings is 1. The van der Waals surface area contributed by atoms with Crippen LogP contribution < -0.4 is 10.1 Å². The van der Waals surface area contributed by atoms with E-state index in [1.165, 1.54) is 35.6 Å². The normalized spacial score (nSPS) is 11.3. The van der Waals surface area contributed by atoms with Gasteiger partial charge in [0.1, 0.15) is 28.9 Å². The van der Waals surface area contributed by atoms with Gasteiger partial charge < -0.3 is 10.1 Å². The van der Waals surface area contributed by atoms with E-state index < -0.39 is 17.6 Å². The molecule has 1 N–H and O–H groups in total. The third-order valence-electron chi connectivity index (χ3n) is 4.82. The second-order valence-corrected chi connectivity index (χ2v) is 8.22. The Labute approximate surface area is 196 Å². The number of nitrogens with zero attached hydrogens (tertiary/aromatic N) is 1. The summed E-state index contributed by atoms with van der Waals surface area (Å²) in [7, 11) is 0. The Balaban J connectivity index is 1.39. The van der Waals surface area contributed by atoms with Crippen molar-refractivity contribution in [1.82, 2.24) is 10.3 Å². The summed E-state index contributed by atoms with van der Waals surface area (Å²) in [5.74, 6) is -0.262. The molecule has 0 unspecified atom stereocenters. The van der Waals surface area contributed by atoms with E-state index in [0.29, 0.717) is 21.9 Å². The van der Waals surface area contributed by atoms with E-state index in [4.69, 9.17) is 4.74 Å². The quantitative estimate of drug-likeness (QED) is 0.304. The van der Waals surface area contributed by atoms with Crippen LogP contribution in [0.5, 0.6) is 5.75 Å². The molecule has 0 saturated heterocycles. The van der Waals surface area contributed by atoms with E-state index in [2.05, 4.69) is 10.3 Å². The number of benzene rings is 3. The van der Waals surface area contributed by atoms with Gasteiger partial charge in [0.05, 0.1) is 5.56 Å². The first kappa shape index (κ1) is 23.4. The lowest BCUT2D eigenvalue weighted by Gasteiger charge is -2.09. The maximum Gasteiger partial charge on any atom is 0.416 e. The number of rotatable bonds is 7. The summed E-state index contributed by atoms with van der Waals surface area (Å²) in [6, 6.07) is 18.1. The Morgan fingerprint density at radius 3 is 2.53 bits per heavy atom. The van der Waals surface area contributed by atoms with Crippen molar-refractivity contribution in [3.63, 3.8) is 0 Å². The van der Waals surface area contributed by atoms with Crippen molar-refractivity contribution < 1.29 is 27.1 Å². The third-order valence-corrected chi connectivity index (χ3v) is 5.71. The number of amides is 1. The minimum absolute atomic E-state index is 0.0565. The minimum atomic E-state index is -4.45. The highest BCUT2D eigenvalue weighted by Gasteiger charge is 2.30. The van der Waals surface area contributed by atoms with Crippen LogP contribution in [0, 0.1) is 5.82 Å². The molecule has 1 aromatic heterocycles. The average Bonchev–Trinajstić information content (AvgIpc) is 3.32. The molecular formula is C25H18F4N2O2S. The number of alkyl halides is 3.